The molecule has 0 radical (unpaired) electrons. The molecule has 0 atom stereocenters. The second kappa shape index (κ2) is 4.86. The molecule has 0 aliphatic heterocycles. The van der Waals surface area contributed by atoms with Gasteiger partial charge in [0.15, 0.2) is 11.6 Å². The number of aromatic amines is 1. The molecule has 3 aromatic rings. The summed E-state index contributed by atoms with van der Waals surface area (Å²) in [4.78, 5) is 14.1. The van der Waals surface area contributed by atoms with Gasteiger partial charge in [0.05, 0.1) is 11.3 Å². The quantitative estimate of drug-likeness (QED) is 0.759. The van der Waals surface area contributed by atoms with Crippen LogP contribution in [0.5, 0.6) is 0 Å². The SMILES string of the molecule is Nc1noc(-c2cccc(=O)[nH]2)c1-c1ccccc1Cl. The number of hydrogen-bond donors (Lipinski definition) is 2. The molecule has 0 fully saturated rings. The van der Waals surface area contributed by atoms with Crippen LogP contribution in [0.25, 0.3) is 22.6 Å². The van der Waals surface area contributed by atoms with Gasteiger partial charge in [0, 0.05) is 16.7 Å². The largest absolute Gasteiger partial charge is 0.380 e. The highest BCUT2D eigenvalue weighted by Gasteiger charge is 2.19. The van der Waals surface area contributed by atoms with Gasteiger partial charge in [-0.05, 0) is 12.1 Å². The number of benzene rings is 1. The van der Waals surface area contributed by atoms with Crippen molar-refractivity contribution in [1.29, 1.82) is 0 Å². The molecule has 100 valence electrons. The number of hydrogen-bond acceptors (Lipinski definition) is 4. The van der Waals surface area contributed by atoms with Crippen LogP contribution >= 0.6 is 11.6 Å². The predicted octanol–water partition coefficient (Wildman–Crippen LogP) is 2.93. The number of nitrogens with zero attached hydrogens (tertiary/aromatic N) is 1. The van der Waals surface area contributed by atoms with E-state index >= 15 is 0 Å². The third-order valence-corrected chi connectivity index (χ3v) is 3.20. The van der Waals surface area contributed by atoms with E-state index in [0.717, 1.165) is 0 Å². The molecule has 0 aliphatic carbocycles. The van der Waals surface area contributed by atoms with Crippen LogP contribution in [-0.4, -0.2) is 10.1 Å². The minimum Gasteiger partial charge on any atom is -0.380 e. The zero-order valence-electron chi connectivity index (χ0n) is 10.3. The molecule has 1 aromatic carbocycles. The van der Waals surface area contributed by atoms with Crippen molar-refractivity contribution < 1.29 is 4.52 Å². The molecule has 0 unspecified atom stereocenters. The second-order valence-corrected chi connectivity index (χ2v) is 4.59. The van der Waals surface area contributed by atoms with E-state index in [1.54, 1.807) is 18.2 Å². The number of H-pyrrole nitrogens is 1. The Bertz CT molecular complexity index is 823. The highest BCUT2D eigenvalue weighted by atomic mass is 35.5. The molecule has 0 aliphatic rings. The Morgan fingerprint density at radius 1 is 1.15 bits per heavy atom. The van der Waals surface area contributed by atoms with Gasteiger partial charge in [-0.2, -0.15) is 0 Å². The van der Waals surface area contributed by atoms with E-state index in [9.17, 15) is 4.79 Å². The normalized spacial score (nSPS) is 10.7. The molecule has 2 heterocycles. The van der Waals surface area contributed by atoms with Gasteiger partial charge in [0.2, 0.25) is 5.56 Å². The predicted molar refractivity (Wildman–Crippen MR) is 77.4 cm³/mol. The van der Waals surface area contributed by atoms with Crippen LogP contribution in [-0.2, 0) is 0 Å². The third-order valence-electron chi connectivity index (χ3n) is 2.87. The molecule has 6 heteroatoms. The van der Waals surface area contributed by atoms with Crippen LogP contribution in [0, 0.1) is 0 Å². The Kier molecular flexibility index (Phi) is 3.04. The average Bonchev–Trinajstić information content (AvgIpc) is 2.81. The molecule has 3 N–H and O–H groups in total. The van der Waals surface area contributed by atoms with E-state index in [2.05, 4.69) is 10.1 Å². The fraction of sp³-hybridized carbons (Fsp3) is 0. The number of aromatic nitrogens is 2. The number of pyridine rings is 1. The summed E-state index contributed by atoms with van der Waals surface area (Å²) in [6.07, 6.45) is 0. The van der Waals surface area contributed by atoms with Gasteiger partial charge >= 0.3 is 0 Å². The van der Waals surface area contributed by atoms with Crippen LogP contribution in [0.3, 0.4) is 0 Å². The topological polar surface area (TPSA) is 84.9 Å². The summed E-state index contributed by atoms with van der Waals surface area (Å²) in [6.45, 7) is 0. The average molecular weight is 288 g/mol. The van der Waals surface area contributed by atoms with Gasteiger partial charge in [0.25, 0.3) is 0 Å². The highest BCUT2D eigenvalue weighted by Crippen LogP contribution is 2.38. The number of halogens is 1. The maximum atomic E-state index is 11.4. The van der Waals surface area contributed by atoms with Gasteiger partial charge in [-0.1, -0.05) is 41.0 Å². The summed E-state index contributed by atoms with van der Waals surface area (Å²) in [5.41, 5.74) is 7.39. The zero-order chi connectivity index (χ0) is 14.1. The Balaban J connectivity index is 2.26. The Morgan fingerprint density at radius 3 is 2.70 bits per heavy atom. The van der Waals surface area contributed by atoms with Gasteiger partial charge < -0.3 is 15.2 Å². The Labute approximate surface area is 119 Å². The Hall–Kier alpha value is -2.53. The minimum absolute atomic E-state index is 0.220. The maximum Gasteiger partial charge on any atom is 0.248 e. The van der Waals surface area contributed by atoms with E-state index in [4.69, 9.17) is 21.9 Å². The van der Waals surface area contributed by atoms with Crippen molar-refractivity contribution in [3.63, 3.8) is 0 Å². The molecule has 0 amide bonds. The van der Waals surface area contributed by atoms with Crippen LogP contribution in [0.15, 0.2) is 51.8 Å². The van der Waals surface area contributed by atoms with Crippen LogP contribution in [0.1, 0.15) is 0 Å². The molecule has 0 bridgehead atoms. The first-order chi connectivity index (χ1) is 9.66. The first kappa shape index (κ1) is 12.5. The fourth-order valence-corrected chi connectivity index (χ4v) is 2.22. The standard InChI is InChI=1S/C14H10ClN3O2/c15-9-5-2-1-4-8(9)12-13(20-18-14(12)16)10-6-3-7-11(19)17-10/h1-7H,(H2,16,18)(H,17,19). The van der Waals surface area contributed by atoms with Crippen molar-refractivity contribution in [3.05, 3.63) is 57.8 Å². The summed E-state index contributed by atoms with van der Waals surface area (Å²) in [6, 6.07) is 12.0. The zero-order valence-corrected chi connectivity index (χ0v) is 11.0. The molecule has 0 spiro atoms. The number of rotatable bonds is 2. The van der Waals surface area contributed by atoms with Gasteiger partial charge in [-0.25, -0.2) is 0 Å². The molecule has 0 saturated carbocycles. The summed E-state index contributed by atoms with van der Waals surface area (Å²) < 4.78 is 5.24. The van der Waals surface area contributed by atoms with Crippen LogP contribution in [0.4, 0.5) is 5.82 Å². The van der Waals surface area contributed by atoms with Crippen molar-refractivity contribution in [1.82, 2.24) is 10.1 Å². The summed E-state index contributed by atoms with van der Waals surface area (Å²) in [5.74, 6) is 0.603. The number of anilines is 1. The van der Waals surface area contributed by atoms with Crippen LogP contribution < -0.4 is 11.3 Å². The van der Waals surface area contributed by atoms with Crippen molar-refractivity contribution in [2.75, 3.05) is 5.73 Å². The van der Waals surface area contributed by atoms with E-state index < -0.39 is 0 Å². The first-order valence-corrected chi connectivity index (χ1v) is 6.24. The third kappa shape index (κ3) is 2.08. The van der Waals surface area contributed by atoms with Crippen LogP contribution in [0.2, 0.25) is 5.02 Å². The van der Waals surface area contributed by atoms with E-state index in [0.29, 0.717) is 27.6 Å². The van der Waals surface area contributed by atoms with Crippen molar-refractivity contribution in [2.45, 2.75) is 0 Å². The summed E-state index contributed by atoms with van der Waals surface area (Å²) in [5, 5.41) is 4.29. The molecular formula is C14H10ClN3O2. The lowest BCUT2D eigenvalue weighted by Gasteiger charge is -2.04. The van der Waals surface area contributed by atoms with E-state index in [-0.39, 0.29) is 11.4 Å². The maximum absolute atomic E-state index is 11.4. The lowest BCUT2D eigenvalue weighted by atomic mass is 10.0. The van der Waals surface area contributed by atoms with Gasteiger partial charge in [-0.3, -0.25) is 4.79 Å². The summed E-state index contributed by atoms with van der Waals surface area (Å²) in [7, 11) is 0. The second-order valence-electron chi connectivity index (χ2n) is 4.18. The molecule has 5 nitrogen and oxygen atoms in total. The molecule has 0 saturated heterocycles. The van der Waals surface area contributed by atoms with Crippen molar-refractivity contribution in [2.24, 2.45) is 0 Å². The number of nitrogens with one attached hydrogen (secondary N) is 1. The van der Waals surface area contributed by atoms with Crippen molar-refractivity contribution >= 4 is 17.4 Å². The molecule has 3 rings (SSSR count). The van der Waals surface area contributed by atoms with E-state index in [1.807, 2.05) is 18.2 Å². The molecule has 2 aromatic heterocycles. The van der Waals surface area contributed by atoms with Crippen molar-refractivity contribution in [3.8, 4) is 22.6 Å². The number of nitrogens with two attached hydrogens (primary N) is 1. The van der Waals surface area contributed by atoms with E-state index in [1.165, 1.54) is 6.07 Å². The smallest absolute Gasteiger partial charge is 0.248 e. The highest BCUT2D eigenvalue weighted by molar-refractivity contribution is 6.33. The Morgan fingerprint density at radius 2 is 1.95 bits per heavy atom. The minimum atomic E-state index is -0.234. The lowest BCUT2D eigenvalue weighted by molar-refractivity contribution is 0.434. The fourth-order valence-electron chi connectivity index (χ4n) is 1.99. The monoisotopic (exact) mass is 287 g/mol. The first-order valence-electron chi connectivity index (χ1n) is 5.86. The lowest BCUT2D eigenvalue weighted by Crippen LogP contribution is -2.03. The number of nitrogen functional groups attached to an aromatic ring is 1. The summed E-state index contributed by atoms with van der Waals surface area (Å²) >= 11 is 6.18. The van der Waals surface area contributed by atoms with Gasteiger partial charge in [-0.15, -0.1) is 0 Å². The van der Waals surface area contributed by atoms with Gasteiger partial charge in [0.1, 0.15) is 0 Å². The molecule has 20 heavy (non-hydrogen) atoms. The molecular weight excluding hydrogens is 278 g/mol.